The third-order valence-corrected chi connectivity index (χ3v) is 3.63. The number of hydrogen-bond donors (Lipinski definition) is 2. The van der Waals surface area contributed by atoms with Gasteiger partial charge in [-0.05, 0) is 39.8 Å². The molecule has 0 atom stereocenters. The zero-order valence-electron chi connectivity index (χ0n) is 10.6. The number of hydrazine groups is 1. The van der Waals surface area contributed by atoms with Crippen LogP contribution in [0.25, 0.3) is 0 Å². The fraction of sp³-hybridized carbons (Fsp3) is 0.250. The predicted molar refractivity (Wildman–Crippen MR) is 80.0 cm³/mol. The molecule has 0 aromatic carbocycles. The normalized spacial score (nSPS) is 10.8. The second-order valence-corrected chi connectivity index (χ2v) is 6.12. The van der Waals surface area contributed by atoms with E-state index in [1.165, 1.54) is 11.8 Å². The average Bonchev–Trinajstić information content (AvgIpc) is 2.41. The molecule has 0 aliphatic rings. The number of nitrogens with zero attached hydrogens (tertiary/aromatic N) is 3. The van der Waals surface area contributed by atoms with Crippen LogP contribution in [0, 0.1) is 0 Å². The maximum Gasteiger partial charge on any atom is 0.144 e. The molecule has 0 radical (unpaired) electrons. The number of pyridine rings is 1. The van der Waals surface area contributed by atoms with E-state index in [0.29, 0.717) is 5.82 Å². The molecule has 0 unspecified atom stereocenters. The number of nitrogen functional groups attached to an aromatic ring is 1. The molecule has 5 nitrogen and oxygen atoms in total. The standard InChI is InChI=1S/C12H14BrN5S/c1-7(2)12-16-9(18-14)5-11(17-12)19-10-4-3-8(13)6-15-10/h3-7H,14H2,1-2H3,(H,16,17,18). The quantitative estimate of drug-likeness (QED) is 0.506. The first-order chi connectivity index (χ1) is 9.08. The van der Waals surface area contributed by atoms with Gasteiger partial charge in [0.25, 0.3) is 0 Å². The molecule has 0 spiro atoms. The Bertz CT molecular complexity index is 559. The first kappa shape index (κ1) is 14.2. The predicted octanol–water partition coefficient (Wildman–Crippen LogP) is 3.19. The van der Waals surface area contributed by atoms with Gasteiger partial charge in [0, 0.05) is 22.7 Å². The summed E-state index contributed by atoms with van der Waals surface area (Å²) in [5.41, 5.74) is 2.57. The lowest BCUT2D eigenvalue weighted by molar-refractivity contribution is 0.754. The Labute approximate surface area is 124 Å². The van der Waals surface area contributed by atoms with Crippen LogP contribution in [0.1, 0.15) is 25.6 Å². The molecule has 2 aromatic heterocycles. The summed E-state index contributed by atoms with van der Waals surface area (Å²) in [6.45, 7) is 4.09. The van der Waals surface area contributed by atoms with E-state index < -0.39 is 0 Å². The van der Waals surface area contributed by atoms with E-state index >= 15 is 0 Å². The molecule has 2 heterocycles. The van der Waals surface area contributed by atoms with Crippen molar-refractivity contribution < 1.29 is 0 Å². The fourth-order valence-corrected chi connectivity index (χ4v) is 2.36. The summed E-state index contributed by atoms with van der Waals surface area (Å²) in [6.07, 6.45) is 1.76. The smallest absolute Gasteiger partial charge is 0.144 e. The Hall–Kier alpha value is -1.18. The number of anilines is 1. The molecule has 7 heteroatoms. The number of aromatic nitrogens is 3. The van der Waals surface area contributed by atoms with Gasteiger partial charge in [-0.2, -0.15) is 0 Å². The lowest BCUT2D eigenvalue weighted by Crippen LogP contribution is -2.11. The molecule has 3 N–H and O–H groups in total. The summed E-state index contributed by atoms with van der Waals surface area (Å²) in [5, 5.41) is 1.70. The third kappa shape index (κ3) is 3.89. The third-order valence-electron chi connectivity index (χ3n) is 2.29. The fourth-order valence-electron chi connectivity index (χ4n) is 1.36. The van der Waals surface area contributed by atoms with Gasteiger partial charge in [-0.1, -0.05) is 13.8 Å². The van der Waals surface area contributed by atoms with Crippen LogP contribution in [-0.4, -0.2) is 15.0 Å². The maximum atomic E-state index is 5.43. The minimum Gasteiger partial charge on any atom is -0.308 e. The molecule has 0 saturated carbocycles. The highest BCUT2D eigenvalue weighted by molar-refractivity contribution is 9.10. The molecule has 0 fully saturated rings. The zero-order valence-corrected chi connectivity index (χ0v) is 13.0. The van der Waals surface area contributed by atoms with Crippen LogP contribution < -0.4 is 11.3 Å². The highest BCUT2D eigenvalue weighted by atomic mass is 79.9. The molecule has 0 saturated heterocycles. The van der Waals surface area contributed by atoms with Crippen molar-refractivity contribution in [2.24, 2.45) is 5.84 Å². The van der Waals surface area contributed by atoms with Gasteiger partial charge in [-0.25, -0.2) is 20.8 Å². The van der Waals surface area contributed by atoms with Crippen molar-refractivity contribution >= 4 is 33.5 Å². The maximum absolute atomic E-state index is 5.43. The molecular weight excluding hydrogens is 326 g/mol. The van der Waals surface area contributed by atoms with Crippen molar-refractivity contribution in [1.29, 1.82) is 0 Å². The van der Waals surface area contributed by atoms with Crippen molar-refractivity contribution in [3.63, 3.8) is 0 Å². The zero-order chi connectivity index (χ0) is 13.8. The summed E-state index contributed by atoms with van der Waals surface area (Å²) in [6, 6.07) is 5.68. The van der Waals surface area contributed by atoms with Gasteiger partial charge in [0.05, 0.1) is 0 Å². The number of halogens is 1. The molecule has 0 aliphatic carbocycles. The summed E-state index contributed by atoms with van der Waals surface area (Å²) in [5.74, 6) is 7.04. The van der Waals surface area contributed by atoms with E-state index in [1.54, 1.807) is 12.3 Å². The van der Waals surface area contributed by atoms with Crippen LogP contribution in [0.2, 0.25) is 0 Å². The average molecular weight is 340 g/mol. The second kappa shape index (κ2) is 6.31. The van der Waals surface area contributed by atoms with E-state index in [1.807, 2.05) is 26.0 Å². The molecule has 2 aromatic rings. The van der Waals surface area contributed by atoms with E-state index in [2.05, 4.69) is 36.3 Å². The number of nitrogens with one attached hydrogen (secondary N) is 1. The Balaban J connectivity index is 2.28. The largest absolute Gasteiger partial charge is 0.308 e. The number of hydrogen-bond acceptors (Lipinski definition) is 6. The Morgan fingerprint density at radius 3 is 2.63 bits per heavy atom. The van der Waals surface area contributed by atoms with Crippen molar-refractivity contribution in [3.05, 3.63) is 34.7 Å². The van der Waals surface area contributed by atoms with E-state index in [0.717, 1.165) is 20.3 Å². The monoisotopic (exact) mass is 339 g/mol. The van der Waals surface area contributed by atoms with Crippen molar-refractivity contribution in [2.75, 3.05) is 5.43 Å². The Morgan fingerprint density at radius 1 is 1.26 bits per heavy atom. The number of rotatable bonds is 4. The van der Waals surface area contributed by atoms with Crippen LogP contribution >= 0.6 is 27.7 Å². The molecular formula is C12H14BrN5S. The molecule has 100 valence electrons. The summed E-state index contributed by atoms with van der Waals surface area (Å²) < 4.78 is 0.951. The summed E-state index contributed by atoms with van der Waals surface area (Å²) in [7, 11) is 0. The summed E-state index contributed by atoms with van der Waals surface area (Å²) in [4.78, 5) is 13.1. The first-order valence-electron chi connectivity index (χ1n) is 5.73. The number of nitrogens with two attached hydrogens (primary N) is 1. The molecule has 0 aliphatic heterocycles. The Morgan fingerprint density at radius 2 is 2.05 bits per heavy atom. The van der Waals surface area contributed by atoms with Crippen molar-refractivity contribution in [1.82, 2.24) is 15.0 Å². The minimum absolute atomic E-state index is 0.241. The van der Waals surface area contributed by atoms with Gasteiger partial charge >= 0.3 is 0 Å². The van der Waals surface area contributed by atoms with Gasteiger partial charge in [0.15, 0.2) is 0 Å². The first-order valence-corrected chi connectivity index (χ1v) is 7.34. The van der Waals surface area contributed by atoms with E-state index in [4.69, 9.17) is 5.84 Å². The second-order valence-electron chi connectivity index (χ2n) is 4.17. The van der Waals surface area contributed by atoms with Crippen LogP contribution in [0.4, 0.5) is 5.82 Å². The van der Waals surface area contributed by atoms with Crippen LogP contribution in [0.3, 0.4) is 0 Å². The molecule has 0 bridgehead atoms. The van der Waals surface area contributed by atoms with Crippen LogP contribution in [0.5, 0.6) is 0 Å². The van der Waals surface area contributed by atoms with Crippen LogP contribution in [-0.2, 0) is 0 Å². The van der Waals surface area contributed by atoms with Gasteiger partial charge in [0.1, 0.15) is 21.7 Å². The van der Waals surface area contributed by atoms with Crippen LogP contribution in [0.15, 0.2) is 38.9 Å². The van der Waals surface area contributed by atoms with Gasteiger partial charge in [0.2, 0.25) is 0 Å². The highest BCUT2D eigenvalue weighted by Crippen LogP contribution is 2.27. The Kier molecular flexibility index (Phi) is 4.73. The topological polar surface area (TPSA) is 76.7 Å². The van der Waals surface area contributed by atoms with Crippen molar-refractivity contribution in [3.8, 4) is 0 Å². The lowest BCUT2D eigenvalue weighted by atomic mass is 10.2. The minimum atomic E-state index is 0.241. The van der Waals surface area contributed by atoms with Gasteiger partial charge < -0.3 is 5.43 Å². The van der Waals surface area contributed by atoms with E-state index in [-0.39, 0.29) is 5.92 Å². The molecule has 0 amide bonds. The summed E-state index contributed by atoms with van der Waals surface area (Å²) >= 11 is 4.84. The lowest BCUT2D eigenvalue weighted by Gasteiger charge is -2.09. The SMILES string of the molecule is CC(C)c1nc(NN)cc(Sc2ccc(Br)cn2)n1. The van der Waals surface area contributed by atoms with Gasteiger partial charge in [-0.15, -0.1) is 0 Å². The van der Waals surface area contributed by atoms with Gasteiger partial charge in [-0.3, -0.25) is 0 Å². The highest BCUT2D eigenvalue weighted by Gasteiger charge is 2.09. The molecule has 2 rings (SSSR count). The van der Waals surface area contributed by atoms with Crippen molar-refractivity contribution in [2.45, 2.75) is 29.8 Å². The van der Waals surface area contributed by atoms with E-state index in [9.17, 15) is 0 Å². The molecule has 19 heavy (non-hydrogen) atoms.